The molecule has 1 fully saturated rings. The van der Waals surface area contributed by atoms with Gasteiger partial charge < -0.3 is 19.4 Å². The number of para-hydroxylation sites is 3. The Morgan fingerprint density at radius 3 is 2.74 bits per heavy atom. The molecule has 2 amide bonds. The summed E-state index contributed by atoms with van der Waals surface area (Å²) in [5, 5.41) is 3.76. The lowest BCUT2D eigenvalue weighted by molar-refractivity contribution is -0.117. The molecule has 138 valence electrons. The van der Waals surface area contributed by atoms with Crippen LogP contribution in [-0.4, -0.2) is 25.5 Å². The first-order chi connectivity index (χ1) is 13.2. The highest BCUT2D eigenvalue weighted by Gasteiger charge is 2.26. The summed E-state index contributed by atoms with van der Waals surface area (Å²) in [6.07, 6.45) is 1.35. The second kappa shape index (κ2) is 7.25. The number of carbonyl (C=O) groups excluding carboxylic acids is 2. The fraction of sp³-hybridized carbons (Fsp3) is 0.238. The summed E-state index contributed by atoms with van der Waals surface area (Å²) in [6, 6.07) is 14.8. The molecular formula is C21H20N2O4. The van der Waals surface area contributed by atoms with Crippen LogP contribution in [0.25, 0.3) is 11.0 Å². The number of methoxy groups -OCH3 is 1. The second-order valence-corrected chi connectivity index (χ2v) is 6.46. The Bertz CT molecular complexity index is 1010. The fourth-order valence-electron chi connectivity index (χ4n) is 3.47. The predicted octanol–water partition coefficient (Wildman–Crippen LogP) is 3.96. The van der Waals surface area contributed by atoms with Gasteiger partial charge in [0.1, 0.15) is 5.58 Å². The molecule has 1 saturated heterocycles. The average Bonchev–Trinajstić information content (AvgIpc) is 3.27. The first-order valence-electron chi connectivity index (χ1n) is 8.89. The van der Waals surface area contributed by atoms with Crippen LogP contribution < -0.4 is 10.2 Å². The zero-order valence-electron chi connectivity index (χ0n) is 15.0. The lowest BCUT2D eigenvalue weighted by Crippen LogP contribution is -2.25. The number of amides is 2. The van der Waals surface area contributed by atoms with E-state index in [2.05, 4.69) is 5.32 Å². The lowest BCUT2D eigenvalue weighted by Gasteiger charge is -2.19. The third-order valence-corrected chi connectivity index (χ3v) is 4.71. The molecule has 27 heavy (non-hydrogen) atoms. The summed E-state index contributed by atoms with van der Waals surface area (Å²) < 4.78 is 11.1. The van der Waals surface area contributed by atoms with Gasteiger partial charge in [0.05, 0.1) is 18.0 Å². The Kier molecular flexibility index (Phi) is 4.64. The normalized spacial score (nSPS) is 14.1. The number of nitrogens with zero attached hydrogens (tertiary/aromatic N) is 1. The standard InChI is InChI=1S/C21H20N2O4/c1-26-13-15-14-7-2-5-10-18(14)27-20(15)21(25)22-16-8-3-4-9-17(16)23-12-6-11-19(23)24/h2-5,7-10H,6,11-13H2,1H3,(H,22,25). The van der Waals surface area contributed by atoms with Gasteiger partial charge in [-0.2, -0.15) is 0 Å². The van der Waals surface area contributed by atoms with Gasteiger partial charge in [-0.3, -0.25) is 9.59 Å². The van der Waals surface area contributed by atoms with Gasteiger partial charge in [0.2, 0.25) is 5.91 Å². The average molecular weight is 364 g/mol. The number of carbonyl (C=O) groups is 2. The Morgan fingerprint density at radius 1 is 1.19 bits per heavy atom. The molecule has 0 atom stereocenters. The Labute approximate surface area is 156 Å². The van der Waals surface area contributed by atoms with Crippen LogP contribution in [0.5, 0.6) is 0 Å². The highest BCUT2D eigenvalue weighted by Crippen LogP contribution is 2.31. The van der Waals surface area contributed by atoms with E-state index in [0.717, 1.165) is 11.8 Å². The minimum Gasteiger partial charge on any atom is -0.451 e. The maximum absolute atomic E-state index is 13.0. The van der Waals surface area contributed by atoms with Crippen molar-refractivity contribution >= 4 is 34.2 Å². The Morgan fingerprint density at radius 2 is 1.96 bits per heavy atom. The zero-order valence-corrected chi connectivity index (χ0v) is 15.0. The first kappa shape index (κ1) is 17.3. The topological polar surface area (TPSA) is 71.8 Å². The lowest BCUT2D eigenvalue weighted by atomic mass is 10.1. The van der Waals surface area contributed by atoms with Crippen LogP contribution in [0.3, 0.4) is 0 Å². The molecule has 4 rings (SSSR count). The van der Waals surface area contributed by atoms with Crippen LogP contribution >= 0.6 is 0 Å². The quantitative estimate of drug-likeness (QED) is 0.744. The molecule has 0 saturated carbocycles. The first-order valence-corrected chi connectivity index (χ1v) is 8.89. The van der Waals surface area contributed by atoms with E-state index in [1.165, 1.54) is 0 Å². The monoisotopic (exact) mass is 364 g/mol. The molecule has 0 radical (unpaired) electrons. The molecule has 0 unspecified atom stereocenters. The summed E-state index contributed by atoms with van der Waals surface area (Å²) >= 11 is 0. The van der Waals surface area contributed by atoms with Gasteiger partial charge in [0.15, 0.2) is 5.76 Å². The van der Waals surface area contributed by atoms with Crippen molar-refractivity contribution in [1.82, 2.24) is 0 Å². The summed E-state index contributed by atoms with van der Waals surface area (Å²) in [4.78, 5) is 26.8. The minimum atomic E-state index is -0.364. The van der Waals surface area contributed by atoms with Crippen molar-refractivity contribution in [2.75, 3.05) is 23.9 Å². The molecule has 0 aliphatic carbocycles. The van der Waals surface area contributed by atoms with Crippen molar-refractivity contribution in [3.63, 3.8) is 0 Å². The molecule has 0 spiro atoms. The van der Waals surface area contributed by atoms with E-state index in [1.807, 2.05) is 42.5 Å². The number of furan rings is 1. The van der Waals surface area contributed by atoms with E-state index in [0.29, 0.717) is 35.5 Å². The van der Waals surface area contributed by atoms with Crippen molar-refractivity contribution in [1.29, 1.82) is 0 Å². The zero-order chi connectivity index (χ0) is 18.8. The van der Waals surface area contributed by atoms with Crippen molar-refractivity contribution < 1.29 is 18.7 Å². The molecule has 2 aromatic carbocycles. The third-order valence-electron chi connectivity index (χ3n) is 4.71. The second-order valence-electron chi connectivity index (χ2n) is 6.46. The molecule has 3 aromatic rings. The number of rotatable bonds is 5. The van der Waals surface area contributed by atoms with E-state index in [1.54, 1.807) is 18.1 Å². The largest absolute Gasteiger partial charge is 0.451 e. The molecular weight excluding hydrogens is 344 g/mol. The molecule has 2 heterocycles. The van der Waals surface area contributed by atoms with E-state index < -0.39 is 0 Å². The molecule has 0 bridgehead atoms. The van der Waals surface area contributed by atoms with Crippen LogP contribution in [0.4, 0.5) is 11.4 Å². The number of benzene rings is 2. The van der Waals surface area contributed by atoms with Crippen molar-refractivity contribution in [2.24, 2.45) is 0 Å². The van der Waals surface area contributed by atoms with Crippen molar-refractivity contribution in [3.8, 4) is 0 Å². The molecule has 1 aromatic heterocycles. The summed E-state index contributed by atoms with van der Waals surface area (Å²) in [6.45, 7) is 0.928. The van der Waals surface area contributed by atoms with Gasteiger partial charge in [0, 0.05) is 31.0 Å². The third kappa shape index (κ3) is 3.19. The van der Waals surface area contributed by atoms with Crippen LogP contribution in [-0.2, 0) is 16.1 Å². The van der Waals surface area contributed by atoms with Crippen molar-refractivity contribution in [3.05, 3.63) is 59.9 Å². The van der Waals surface area contributed by atoms with Gasteiger partial charge in [-0.05, 0) is 24.6 Å². The van der Waals surface area contributed by atoms with Gasteiger partial charge >= 0.3 is 0 Å². The number of hydrogen-bond donors (Lipinski definition) is 1. The van der Waals surface area contributed by atoms with Crippen LogP contribution in [0.1, 0.15) is 29.0 Å². The van der Waals surface area contributed by atoms with E-state index >= 15 is 0 Å². The van der Waals surface area contributed by atoms with E-state index in [-0.39, 0.29) is 24.2 Å². The minimum absolute atomic E-state index is 0.0699. The molecule has 6 nitrogen and oxygen atoms in total. The smallest absolute Gasteiger partial charge is 0.291 e. The number of fused-ring (bicyclic) bond motifs is 1. The van der Waals surface area contributed by atoms with Crippen molar-refractivity contribution in [2.45, 2.75) is 19.4 Å². The van der Waals surface area contributed by atoms with E-state index in [9.17, 15) is 9.59 Å². The maximum atomic E-state index is 13.0. The van der Waals surface area contributed by atoms with Gasteiger partial charge in [-0.25, -0.2) is 0 Å². The van der Waals surface area contributed by atoms with Gasteiger partial charge in [-0.1, -0.05) is 30.3 Å². The maximum Gasteiger partial charge on any atom is 0.291 e. The van der Waals surface area contributed by atoms with Gasteiger partial charge in [-0.15, -0.1) is 0 Å². The molecule has 1 aliphatic heterocycles. The highest BCUT2D eigenvalue weighted by molar-refractivity contribution is 6.09. The SMILES string of the molecule is COCc1c(C(=O)Nc2ccccc2N2CCCC2=O)oc2ccccc12. The molecule has 1 N–H and O–H groups in total. The van der Waals surface area contributed by atoms with Crippen LogP contribution in [0.2, 0.25) is 0 Å². The highest BCUT2D eigenvalue weighted by atomic mass is 16.5. The number of ether oxygens (including phenoxy) is 1. The summed E-state index contributed by atoms with van der Waals surface area (Å²) in [5.74, 6) is -0.0709. The fourth-order valence-corrected chi connectivity index (χ4v) is 3.47. The van der Waals surface area contributed by atoms with E-state index in [4.69, 9.17) is 9.15 Å². The van der Waals surface area contributed by atoms with Crippen LogP contribution in [0, 0.1) is 0 Å². The molecule has 6 heteroatoms. The van der Waals surface area contributed by atoms with Gasteiger partial charge in [0.25, 0.3) is 5.91 Å². The number of nitrogens with one attached hydrogen (secondary N) is 1. The Balaban J connectivity index is 1.69. The number of anilines is 2. The van der Waals surface area contributed by atoms with Crippen LogP contribution in [0.15, 0.2) is 52.9 Å². The number of hydrogen-bond acceptors (Lipinski definition) is 4. The Hall–Kier alpha value is -3.12. The molecule has 1 aliphatic rings. The summed E-state index contributed by atoms with van der Waals surface area (Å²) in [7, 11) is 1.58. The predicted molar refractivity (Wildman–Crippen MR) is 103 cm³/mol. The summed E-state index contributed by atoms with van der Waals surface area (Å²) in [5.41, 5.74) is 2.64.